The highest BCUT2D eigenvalue weighted by atomic mass is 35.5. The third kappa shape index (κ3) is 2.63. The number of hydrogen-bond donors (Lipinski definition) is 1. The van der Waals surface area contributed by atoms with Gasteiger partial charge in [-0.25, -0.2) is 0 Å². The first-order valence-corrected chi connectivity index (χ1v) is 5.14. The second-order valence-corrected chi connectivity index (χ2v) is 4.26. The highest BCUT2D eigenvalue weighted by Crippen LogP contribution is 2.34. The van der Waals surface area contributed by atoms with Crippen LogP contribution in [-0.4, -0.2) is 6.04 Å². The third-order valence-electron chi connectivity index (χ3n) is 2.79. The van der Waals surface area contributed by atoms with Gasteiger partial charge in [-0.3, -0.25) is 0 Å². The molecule has 2 unspecified atom stereocenters. The molecule has 2 atom stereocenters. The van der Waals surface area contributed by atoms with Gasteiger partial charge in [0.1, 0.15) is 0 Å². The Morgan fingerprint density at radius 2 is 2.07 bits per heavy atom. The Kier molecular flexibility index (Phi) is 4.24. The summed E-state index contributed by atoms with van der Waals surface area (Å²) in [7, 11) is 0. The van der Waals surface area contributed by atoms with Crippen LogP contribution in [0, 0.1) is 0 Å². The van der Waals surface area contributed by atoms with Crippen molar-refractivity contribution in [1.82, 2.24) is 0 Å². The van der Waals surface area contributed by atoms with E-state index in [1.54, 1.807) is 0 Å². The zero-order valence-electron chi connectivity index (χ0n) is 7.95. The first-order chi connectivity index (χ1) is 6.25. The number of nitrogens with two attached hydrogens (primary N) is 1. The minimum atomic E-state index is 0. The van der Waals surface area contributed by atoms with Crippen molar-refractivity contribution in [1.29, 1.82) is 0 Å². The summed E-state index contributed by atoms with van der Waals surface area (Å²) in [5, 5.41) is 0.831. The molecule has 1 aliphatic carbocycles. The van der Waals surface area contributed by atoms with Crippen molar-refractivity contribution in [2.75, 3.05) is 0 Å². The van der Waals surface area contributed by atoms with Crippen LogP contribution in [0.4, 0.5) is 0 Å². The molecule has 14 heavy (non-hydrogen) atoms. The molecular formula is C11H15Cl2N. The van der Waals surface area contributed by atoms with E-state index in [1.165, 1.54) is 12.0 Å². The molecule has 0 amide bonds. The summed E-state index contributed by atoms with van der Waals surface area (Å²) in [6.45, 7) is 0. The Balaban J connectivity index is 0.000000980. The maximum Gasteiger partial charge on any atom is 0.0408 e. The van der Waals surface area contributed by atoms with Gasteiger partial charge in [0.25, 0.3) is 0 Å². The molecule has 2 rings (SSSR count). The SMILES string of the molecule is Cl.NC1CCC(c2cccc(Cl)c2)C1. The lowest BCUT2D eigenvalue weighted by molar-refractivity contribution is 0.675. The Labute approximate surface area is 96.0 Å². The molecule has 1 saturated carbocycles. The monoisotopic (exact) mass is 231 g/mol. The molecule has 0 aliphatic heterocycles. The van der Waals surface area contributed by atoms with Gasteiger partial charge < -0.3 is 5.73 Å². The number of rotatable bonds is 1. The van der Waals surface area contributed by atoms with Gasteiger partial charge in [0.2, 0.25) is 0 Å². The Bertz CT molecular complexity index is 301. The highest BCUT2D eigenvalue weighted by Gasteiger charge is 2.22. The minimum absolute atomic E-state index is 0. The van der Waals surface area contributed by atoms with Crippen LogP contribution in [-0.2, 0) is 0 Å². The lowest BCUT2D eigenvalue weighted by Crippen LogP contribution is -2.14. The van der Waals surface area contributed by atoms with Crippen LogP contribution in [0.1, 0.15) is 30.7 Å². The molecule has 0 saturated heterocycles. The molecule has 0 spiro atoms. The minimum Gasteiger partial charge on any atom is -0.328 e. The van der Waals surface area contributed by atoms with Gasteiger partial charge in [-0.05, 0) is 42.9 Å². The Morgan fingerprint density at radius 3 is 2.64 bits per heavy atom. The molecule has 1 aromatic rings. The van der Waals surface area contributed by atoms with Gasteiger partial charge in [-0.1, -0.05) is 23.7 Å². The van der Waals surface area contributed by atoms with E-state index >= 15 is 0 Å². The van der Waals surface area contributed by atoms with E-state index < -0.39 is 0 Å². The summed E-state index contributed by atoms with van der Waals surface area (Å²) in [6, 6.07) is 8.53. The predicted molar refractivity (Wildman–Crippen MR) is 63.3 cm³/mol. The number of halogens is 2. The molecule has 0 aromatic heterocycles. The topological polar surface area (TPSA) is 26.0 Å². The standard InChI is InChI=1S/C11H14ClN.ClH/c12-10-3-1-2-8(6-10)9-4-5-11(13)7-9;/h1-3,6,9,11H,4-5,7,13H2;1H. The van der Waals surface area contributed by atoms with E-state index in [0.717, 1.165) is 17.9 Å². The summed E-state index contributed by atoms with van der Waals surface area (Å²) in [6.07, 6.45) is 3.47. The molecule has 78 valence electrons. The maximum atomic E-state index is 5.93. The Morgan fingerprint density at radius 1 is 1.29 bits per heavy atom. The van der Waals surface area contributed by atoms with Crippen LogP contribution in [0.25, 0.3) is 0 Å². The zero-order chi connectivity index (χ0) is 9.26. The third-order valence-corrected chi connectivity index (χ3v) is 3.03. The summed E-state index contributed by atoms with van der Waals surface area (Å²) in [4.78, 5) is 0. The lowest BCUT2D eigenvalue weighted by atomic mass is 9.98. The smallest absolute Gasteiger partial charge is 0.0408 e. The van der Waals surface area contributed by atoms with Gasteiger partial charge >= 0.3 is 0 Å². The highest BCUT2D eigenvalue weighted by molar-refractivity contribution is 6.30. The maximum absolute atomic E-state index is 5.93. The molecule has 3 heteroatoms. The normalized spacial score (nSPS) is 25.9. The summed E-state index contributed by atoms with van der Waals surface area (Å²) in [5.74, 6) is 0.633. The zero-order valence-corrected chi connectivity index (χ0v) is 9.52. The Hall–Kier alpha value is -0.240. The molecule has 1 nitrogen and oxygen atoms in total. The largest absolute Gasteiger partial charge is 0.328 e. The fourth-order valence-electron chi connectivity index (χ4n) is 2.08. The van der Waals surface area contributed by atoms with E-state index in [9.17, 15) is 0 Å². The summed E-state index contributed by atoms with van der Waals surface area (Å²) >= 11 is 5.93. The molecule has 2 N–H and O–H groups in total. The van der Waals surface area contributed by atoms with E-state index in [0.29, 0.717) is 12.0 Å². The molecule has 1 aromatic carbocycles. The van der Waals surface area contributed by atoms with Crippen LogP contribution in [0.2, 0.25) is 5.02 Å². The number of hydrogen-bond acceptors (Lipinski definition) is 1. The summed E-state index contributed by atoms with van der Waals surface area (Å²) in [5.41, 5.74) is 7.22. The fourth-order valence-corrected chi connectivity index (χ4v) is 2.28. The van der Waals surface area contributed by atoms with Gasteiger partial charge in [-0.15, -0.1) is 12.4 Å². The van der Waals surface area contributed by atoms with Crippen molar-refractivity contribution in [3.63, 3.8) is 0 Å². The molecular weight excluding hydrogens is 217 g/mol. The lowest BCUT2D eigenvalue weighted by Gasteiger charge is -2.09. The summed E-state index contributed by atoms with van der Waals surface area (Å²) < 4.78 is 0. The predicted octanol–water partition coefficient (Wildman–Crippen LogP) is 3.36. The van der Waals surface area contributed by atoms with Crippen molar-refractivity contribution in [3.8, 4) is 0 Å². The van der Waals surface area contributed by atoms with Crippen molar-refractivity contribution in [3.05, 3.63) is 34.9 Å². The molecule has 1 aliphatic rings. The molecule has 0 bridgehead atoms. The van der Waals surface area contributed by atoms with E-state index in [2.05, 4.69) is 12.1 Å². The number of benzene rings is 1. The average Bonchev–Trinajstić information content (AvgIpc) is 2.52. The quantitative estimate of drug-likeness (QED) is 0.789. The van der Waals surface area contributed by atoms with Crippen LogP contribution >= 0.6 is 24.0 Å². The van der Waals surface area contributed by atoms with Gasteiger partial charge in [0.05, 0.1) is 0 Å². The van der Waals surface area contributed by atoms with E-state index in [1.807, 2.05) is 12.1 Å². The van der Waals surface area contributed by atoms with Gasteiger partial charge in [0.15, 0.2) is 0 Å². The van der Waals surface area contributed by atoms with Crippen LogP contribution < -0.4 is 5.73 Å². The second-order valence-electron chi connectivity index (χ2n) is 3.83. The van der Waals surface area contributed by atoms with Crippen molar-refractivity contribution < 1.29 is 0 Å². The fraction of sp³-hybridized carbons (Fsp3) is 0.455. The first kappa shape index (κ1) is 11.8. The van der Waals surface area contributed by atoms with Crippen LogP contribution in [0.15, 0.2) is 24.3 Å². The second kappa shape index (κ2) is 5.01. The van der Waals surface area contributed by atoms with Crippen LogP contribution in [0.3, 0.4) is 0 Å². The van der Waals surface area contributed by atoms with Crippen molar-refractivity contribution in [2.45, 2.75) is 31.2 Å². The average molecular weight is 232 g/mol. The van der Waals surface area contributed by atoms with E-state index in [4.69, 9.17) is 17.3 Å². The van der Waals surface area contributed by atoms with Gasteiger partial charge in [0, 0.05) is 11.1 Å². The van der Waals surface area contributed by atoms with Crippen molar-refractivity contribution >= 4 is 24.0 Å². The first-order valence-electron chi connectivity index (χ1n) is 4.77. The van der Waals surface area contributed by atoms with Crippen LogP contribution in [0.5, 0.6) is 0 Å². The van der Waals surface area contributed by atoms with E-state index in [-0.39, 0.29) is 12.4 Å². The molecule has 0 radical (unpaired) electrons. The van der Waals surface area contributed by atoms with Gasteiger partial charge in [-0.2, -0.15) is 0 Å². The van der Waals surface area contributed by atoms with Crippen molar-refractivity contribution in [2.24, 2.45) is 5.73 Å². The molecule has 1 fully saturated rings. The molecule has 0 heterocycles.